The van der Waals surface area contributed by atoms with Crippen LogP contribution in [0, 0.1) is 22.6 Å². The number of pyridine rings is 1. The number of carbonyl (C=O) groups is 4. The first-order chi connectivity index (χ1) is 29.7. The number of piperazine rings is 1. The molecule has 0 aliphatic carbocycles. The number of methoxy groups -OCH3 is 1. The first-order valence-electron chi connectivity index (χ1n) is 20.3. The van der Waals surface area contributed by atoms with Gasteiger partial charge in [0.2, 0.25) is 17.7 Å². The third kappa shape index (κ3) is 11.2. The van der Waals surface area contributed by atoms with E-state index in [4.69, 9.17) is 9.47 Å². The molecule has 2 aliphatic rings. The van der Waals surface area contributed by atoms with Crippen molar-refractivity contribution < 1.29 is 38.1 Å². The Morgan fingerprint density at radius 3 is 2.53 bits per heavy atom. The van der Waals surface area contributed by atoms with Crippen LogP contribution in [0.25, 0.3) is 22.5 Å². The van der Waals surface area contributed by atoms with Crippen molar-refractivity contribution >= 4 is 35.0 Å². The molecule has 4 N–H and O–H groups in total. The lowest BCUT2D eigenvalue weighted by Gasteiger charge is -2.36. The number of amides is 4. The molecule has 18 heteroatoms. The second-order valence-corrected chi connectivity index (χ2v) is 16.1. The van der Waals surface area contributed by atoms with Gasteiger partial charge < -0.3 is 40.3 Å². The van der Waals surface area contributed by atoms with Crippen LogP contribution in [-0.2, 0) is 19.1 Å². The molecular weight excluding hydrogens is 800 g/mol. The van der Waals surface area contributed by atoms with Crippen molar-refractivity contribution in [3.8, 4) is 34.3 Å². The fourth-order valence-electron chi connectivity index (χ4n) is 7.28. The second kappa shape index (κ2) is 20.3. The van der Waals surface area contributed by atoms with Crippen molar-refractivity contribution in [3.05, 3.63) is 84.2 Å². The Hall–Kier alpha value is -6.55. The Morgan fingerprint density at radius 1 is 1.03 bits per heavy atom. The number of rotatable bonds is 15. The maximum atomic E-state index is 14.9. The molecule has 0 bridgehead atoms. The lowest BCUT2D eigenvalue weighted by molar-refractivity contribution is -0.140. The monoisotopic (exact) mass is 850 g/mol. The predicted molar refractivity (Wildman–Crippen MR) is 227 cm³/mol. The molecule has 4 amide bonds. The van der Waals surface area contributed by atoms with Crippen LogP contribution in [0.2, 0.25) is 0 Å². The smallest absolute Gasteiger partial charge is 0.274 e. The fourth-order valence-corrected chi connectivity index (χ4v) is 7.28. The number of β-amino-alcohol motifs (C(OH)–C–C–N with tert-alkyl or cyclic N) is 1. The summed E-state index contributed by atoms with van der Waals surface area (Å²) in [5.41, 5.74) is 2.38. The molecule has 4 aromatic rings. The SMILES string of the molecule is COc1cccc(F)c1-c1nccc(C(=O)Nc2ccc(-c3cnccc3C#N)cc2N2CCN(CC(=O)NCCOCC(=O)N[C@H](C(=O)N3CC[C@@H](O)C3)C(C)(C)C)CC2)n1. The number of aromatic nitrogens is 3. The molecule has 2 aliphatic heterocycles. The first kappa shape index (κ1) is 45.0. The van der Waals surface area contributed by atoms with Gasteiger partial charge >= 0.3 is 0 Å². The highest BCUT2D eigenvalue weighted by molar-refractivity contribution is 6.05. The molecule has 0 saturated carbocycles. The molecule has 4 heterocycles. The molecule has 0 radical (unpaired) electrons. The molecule has 2 aromatic heterocycles. The molecule has 2 atom stereocenters. The summed E-state index contributed by atoms with van der Waals surface area (Å²) in [7, 11) is 1.41. The standard InChI is InChI=1S/C44H51FN10O7/c1-44(2,3)40(43(60)55-16-12-30(56)25-55)52-38(58)27-62-21-15-48-37(57)26-53-17-19-54(20-18-53)35-22-28(31-24-47-13-10-29(31)23-46)8-9-33(35)51-42(59)34-11-14-49-41(50-34)39-32(45)6-5-7-36(39)61-4/h5-11,13-14,22,24,30,40,56H,12,15-21,25-27H2,1-4H3,(H,48,57)(H,51,59)(H,52,58)/t30-,40-/m1/s1. The van der Waals surface area contributed by atoms with Crippen LogP contribution in [0.4, 0.5) is 15.8 Å². The van der Waals surface area contributed by atoms with Crippen molar-refractivity contribution in [2.45, 2.75) is 39.3 Å². The number of likely N-dealkylation sites (tertiary alicyclic amines) is 1. The van der Waals surface area contributed by atoms with Crippen molar-refractivity contribution in [2.75, 3.05) is 82.9 Å². The van der Waals surface area contributed by atoms with Gasteiger partial charge in [-0.15, -0.1) is 0 Å². The van der Waals surface area contributed by atoms with Crippen LogP contribution in [0.15, 0.2) is 67.1 Å². The van der Waals surface area contributed by atoms with E-state index in [1.54, 1.807) is 41.6 Å². The van der Waals surface area contributed by atoms with E-state index in [0.717, 1.165) is 0 Å². The summed E-state index contributed by atoms with van der Waals surface area (Å²) in [6.45, 7) is 8.38. The van der Waals surface area contributed by atoms with Gasteiger partial charge in [-0.25, -0.2) is 14.4 Å². The van der Waals surface area contributed by atoms with Gasteiger partial charge in [-0.3, -0.25) is 29.1 Å². The quantitative estimate of drug-likeness (QED) is 0.127. The summed E-state index contributed by atoms with van der Waals surface area (Å²) in [5.74, 6) is -1.86. The number of aliphatic hydroxyl groups is 1. The third-order valence-corrected chi connectivity index (χ3v) is 10.6. The van der Waals surface area contributed by atoms with Gasteiger partial charge in [0.15, 0.2) is 5.82 Å². The number of carbonyl (C=O) groups excluding carboxylic acids is 4. The van der Waals surface area contributed by atoms with Crippen LogP contribution >= 0.6 is 0 Å². The van der Waals surface area contributed by atoms with E-state index in [-0.39, 0.29) is 67.5 Å². The second-order valence-electron chi connectivity index (χ2n) is 16.1. The predicted octanol–water partition coefficient (Wildman–Crippen LogP) is 2.86. The van der Waals surface area contributed by atoms with E-state index in [9.17, 15) is 33.9 Å². The van der Waals surface area contributed by atoms with Gasteiger partial charge in [0, 0.05) is 70.0 Å². The largest absolute Gasteiger partial charge is 0.496 e. The van der Waals surface area contributed by atoms with Gasteiger partial charge in [-0.05, 0) is 53.8 Å². The molecule has 326 valence electrons. The molecule has 2 aromatic carbocycles. The minimum atomic E-state index is -0.785. The topological polar surface area (TPSA) is 215 Å². The minimum Gasteiger partial charge on any atom is -0.496 e. The highest BCUT2D eigenvalue weighted by atomic mass is 19.1. The number of nitriles is 1. The van der Waals surface area contributed by atoms with Crippen LogP contribution in [0.5, 0.6) is 5.75 Å². The maximum Gasteiger partial charge on any atom is 0.274 e. The zero-order valence-electron chi connectivity index (χ0n) is 35.2. The van der Waals surface area contributed by atoms with E-state index in [2.05, 4.69) is 41.9 Å². The zero-order chi connectivity index (χ0) is 44.4. The van der Waals surface area contributed by atoms with Crippen LogP contribution in [0.1, 0.15) is 43.2 Å². The zero-order valence-corrected chi connectivity index (χ0v) is 35.2. The summed E-state index contributed by atoms with van der Waals surface area (Å²) in [6.07, 6.45) is 4.47. The Bertz CT molecular complexity index is 2310. The summed E-state index contributed by atoms with van der Waals surface area (Å²) in [5, 5.41) is 28.2. The molecular formula is C44H51FN10O7. The third-order valence-electron chi connectivity index (χ3n) is 10.6. The van der Waals surface area contributed by atoms with Crippen molar-refractivity contribution in [2.24, 2.45) is 5.41 Å². The van der Waals surface area contributed by atoms with Gasteiger partial charge in [0.25, 0.3) is 5.91 Å². The van der Waals surface area contributed by atoms with E-state index in [1.165, 1.54) is 31.5 Å². The summed E-state index contributed by atoms with van der Waals surface area (Å²) in [6, 6.07) is 14.2. The number of nitrogens with one attached hydrogen (secondary N) is 3. The van der Waals surface area contributed by atoms with E-state index < -0.39 is 35.2 Å². The molecule has 2 saturated heterocycles. The summed E-state index contributed by atoms with van der Waals surface area (Å²) in [4.78, 5) is 70.8. The maximum absolute atomic E-state index is 14.9. The van der Waals surface area contributed by atoms with E-state index >= 15 is 0 Å². The Kier molecular flexibility index (Phi) is 14.8. The van der Waals surface area contributed by atoms with Crippen LogP contribution < -0.4 is 25.6 Å². The Labute approximate surface area is 359 Å². The van der Waals surface area contributed by atoms with Crippen molar-refractivity contribution in [3.63, 3.8) is 0 Å². The summed E-state index contributed by atoms with van der Waals surface area (Å²) >= 11 is 0. The number of hydrogen-bond acceptors (Lipinski definition) is 13. The molecule has 2 fully saturated rings. The molecule has 6 rings (SSSR count). The summed E-state index contributed by atoms with van der Waals surface area (Å²) < 4.78 is 25.7. The number of halogens is 1. The van der Waals surface area contributed by atoms with E-state index in [1.807, 2.05) is 31.7 Å². The number of anilines is 2. The minimum absolute atomic E-state index is 0.000322. The molecule has 0 spiro atoms. The van der Waals surface area contributed by atoms with Gasteiger partial charge in [0.1, 0.15) is 29.9 Å². The normalized spacial score (nSPS) is 16.0. The number of benzene rings is 2. The fraction of sp³-hybridized carbons (Fsp3) is 0.409. The van der Waals surface area contributed by atoms with Crippen molar-refractivity contribution in [1.82, 2.24) is 35.4 Å². The van der Waals surface area contributed by atoms with Gasteiger partial charge in [-0.1, -0.05) is 32.9 Å². The molecule has 17 nitrogen and oxygen atoms in total. The number of ether oxygens (including phenoxy) is 2. The molecule has 62 heavy (non-hydrogen) atoms. The van der Waals surface area contributed by atoms with Crippen LogP contribution in [-0.4, -0.2) is 138 Å². The average Bonchev–Trinajstić information content (AvgIpc) is 3.71. The van der Waals surface area contributed by atoms with Crippen LogP contribution in [0.3, 0.4) is 0 Å². The average molecular weight is 851 g/mol. The lowest BCUT2D eigenvalue weighted by Crippen LogP contribution is -2.55. The number of aliphatic hydroxyl groups excluding tert-OH is 1. The van der Waals surface area contributed by atoms with E-state index in [0.29, 0.717) is 67.2 Å². The lowest BCUT2D eigenvalue weighted by atomic mass is 9.85. The highest BCUT2D eigenvalue weighted by Crippen LogP contribution is 2.35. The Morgan fingerprint density at radius 2 is 1.82 bits per heavy atom. The van der Waals surface area contributed by atoms with Gasteiger partial charge in [-0.2, -0.15) is 5.26 Å². The number of hydrogen-bond donors (Lipinski definition) is 4. The number of nitrogens with zero attached hydrogens (tertiary/aromatic N) is 7. The molecule has 0 unspecified atom stereocenters. The van der Waals surface area contributed by atoms with Crippen molar-refractivity contribution in [1.29, 1.82) is 5.26 Å². The van der Waals surface area contributed by atoms with Gasteiger partial charge in [0.05, 0.1) is 54.9 Å². The first-order valence-corrected chi connectivity index (χ1v) is 20.3. The Balaban J connectivity index is 1.04. The highest BCUT2D eigenvalue weighted by Gasteiger charge is 2.38.